The van der Waals surface area contributed by atoms with Gasteiger partial charge in [-0.25, -0.2) is 11.4 Å². The zero-order valence-corrected chi connectivity index (χ0v) is 28.6. The van der Waals surface area contributed by atoms with Crippen LogP contribution in [0, 0.1) is 6.57 Å². The lowest BCUT2D eigenvalue weighted by Crippen LogP contribution is -2.56. The molecule has 2 fully saturated rings. The molecule has 2 saturated heterocycles. The van der Waals surface area contributed by atoms with E-state index in [4.69, 9.17) is 37.6 Å². The highest BCUT2D eigenvalue weighted by molar-refractivity contribution is 6.36. The van der Waals surface area contributed by atoms with E-state index in [2.05, 4.69) is 39.4 Å². The molecule has 0 spiro atoms. The molecule has 2 atom stereocenters. The molecule has 1 aromatic heterocycles. The fourth-order valence-corrected chi connectivity index (χ4v) is 7.20. The minimum atomic E-state index is -0.590. The normalized spacial score (nSPS) is 19.6. The summed E-state index contributed by atoms with van der Waals surface area (Å²) in [6, 6.07) is 11.9. The number of carbonyl (C=O) groups is 2. The van der Waals surface area contributed by atoms with Crippen molar-refractivity contribution in [3.05, 3.63) is 76.8 Å². The number of rotatable bonds is 7. The van der Waals surface area contributed by atoms with E-state index in [9.17, 15) is 9.59 Å². The van der Waals surface area contributed by atoms with Crippen LogP contribution in [0.5, 0.6) is 6.01 Å². The van der Waals surface area contributed by atoms with Crippen LogP contribution in [-0.4, -0.2) is 95.3 Å². The maximum Gasteiger partial charge on any atom is 0.410 e. The van der Waals surface area contributed by atoms with Crippen molar-refractivity contribution in [2.45, 2.75) is 64.3 Å². The van der Waals surface area contributed by atoms with E-state index < -0.39 is 5.60 Å². The van der Waals surface area contributed by atoms with Crippen molar-refractivity contribution in [2.75, 3.05) is 55.7 Å². The van der Waals surface area contributed by atoms with Gasteiger partial charge in [-0.15, -0.1) is 0 Å². The zero-order valence-electron chi connectivity index (χ0n) is 27.8. The van der Waals surface area contributed by atoms with E-state index >= 15 is 0 Å². The van der Waals surface area contributed by atoms with Crippen molar-refractivity contribution >= 4 is 45.9 Å². The van der Waals surface area contributed by atoms with E-state index in [0.717, 1.165) is 52.9 Å². The first-order chi connectivity index (χ1) is 23.1. The van der Waals surface area contributed by atoms with Crippen molar-refractivity contribution < 1.29 is 19.1 Å². The van der Waals surface area contributed by atoms with Gasteiger partial charge in [0.05, 0.1) is 23.3 Å². The van der Waals surface area contributed by atoms with Crippen LogP contribution in [0.1, 0.15) is 44.9 Å². The number of piperazine rings is 1. The lowest BCUT2D eigenvalue weighted by atomic mass is 10.0. The summed E-state index contributed by atoms with van der Waals surface area (Å²) >= 11 is 6.72. The van der Waals surface area contributed by atoms with Crippen LogP contribution in [0.2, 0.25) is 5.02 Å². The van der Waals surface area contributed by atoms with Crippen molar-refractivity contribution in [1.29, 1.82) is 0 Å². The summed E-state index contributed by atoms with van der Waals surface area (Å²) in [5.74, 6) is 0.592. The number of likely N-dealkylation sites (tertiary alicyclic amines) is 1. The molecule has 4 heterocycles. The molecule has 0 bridgehead atoms. The van der Waals surface area contributed by atoms with Crippen LogP contribution >= 0.6 is 11.6 Å². The number of halogens is 1. The molecular formula is C36H42ClN7O4. The van der Waals surface area contributed by atoms with E-state index in [1.165, 1.54) is 6.08 Å². The largest absolute Gasteiger partial charge is 0.461 e. The van der Waals surface area contributed by atoms with Gasteiger partial charge in [0.1, 0.15) is 24.1 Å². The molecule has 12 heteroatoms. The topological polar surface area (TPSA) is 95.7 Å². The highest BCUT2D eigenvalue weighted by Gasteiger charge is 2.36. The number of ether oxygens (including phenoxy) is 2. The molecule has 0 unspecified atom stereocenters. The second-order valence-electron chi connectivity index (χ2n) is 13.5. The van der Waals surface area contributed by atoms with E-state index in [1.807, 2.05) is 39.0 Å². The molecule has 3 aliphatic rings. The summed E-state index contributed by atoms with van der Waals surface area (Å²) in [5.41, 5.74) is 2.34. The van der Waals surface area contributed by atoms with Gasteiger partial charge >= 0.3 is 12.1 Å². The van der Waals surface area contributed by atoms with Gasteiger partial charge in [0.15, 0.2) is 0 Å². The van der Waals surface area contributed by atoms with Gasteiger partial charge in [-0.1, -0.05) is 42.4 Å². The number of aromatic nitrogens is 2. The molecule has 0 aliphatic carbocycles. The molecule has 2 aromatic carbocycles. The van der Waals surface area contributed by atoms with Gasteiger partial charge in [-0.2, -0.15) is 9.97 Å². The van der Waals surface area contributed by atoms with Crippen LogP contribution in [0.3, 0.4) is 0 Å². The molecule has 0 saturated carbocycles. The van der Waals surface area contributed by atoms with Crippen LogP contribution in [-0.2, 0) is 22.5 Å². The fourth-order valence-electron chi connectivity index (χ4n) is 6.92. The predicted octanol–water partition coefficient (Wildman–Crippen LogP) is 5.75. The first-order valence-electron chi connectivity index (χ1n) is 16.5. The summed E-state index contributed by atoms with van der Waals surface area (Å²) < 4.78 is 12.0. The summed E-state index contributed by atoms with van der Waals surface area (Å²) in [4.78, 5) is 47.0. The average Bonchev–Trinajstić information content (AvgIpc) is 3.55. The number of hydrogen-bond donors (Lipinski definition) is 0. The van der Waals surface area contributed by atoms with E-state index in [0.29, 0.717) is 44.2 Å². The van der Waals surface area contributed by atoms with E-state index in [1.54, 1.807) is 9.80 Å². The van der Waals surface area contributed by atoms with Gasteiger partial charge < -0.3 is 33.9 Å². The maximum atomic E-state index is 12.9. The number of fused-ring (bicyclic) bond motifs is 2. The molecule has 0 radical (unpaired) electrons. The summed E-state index contributed by atoms with van der Waals surface area (Å²) in [6.45, 7) is 20.5. The van der Waals surface area contributed by atoms with Crippen LogP contribution in [0.25, 0.3) is 15.6 Å². The van der Waals surface area contributed by atoms with Gasteiger partial charge in [-0.05, 0) is 63.6 Å². The van der Waals surface area contributed by atoms with Crippen LogP contribution in [0.15, 0.2) is 49.1 Å². The number of hydrogen-bond acceptors (Lipinski definition) is 8. The number of benzene rings is 2. The van der Waals surface area contributed by atoms with Crippen LogP contribution in [0.4, 0.5) is 16.3 Å². The second kappa shape index (κ2) is 13.9. The molecule has 48 heavy (non-hydrogen) atoms. The Labute approximate surface area is 286 Å². The third-order valence-corrected chi connectivity index (χ3v) is 9.46. The van der Waals surface area contributed by atoms with Gasteiger partial charge in [0.2, 0.25) is 12.5 Å². The van der Waals surface area contributed by atoms with Gasteiger partial charge in [-0.3, -0.25) is 4.79 Å². The quantitative estimate of drug-likeness (QED) is 0.232. The lowest BCUT2D eigenvalue weighted by Gasteiger charge is -2.41. The molecule has 2 amide bonds. The molecule has 3 aromatic rings. The fraction of sp³-hybridized carbons (Fsp3) is 0.472. The highest BCUT2D eigenvalue weighted by atomic mass is 35.5. The molecule has 0 N–H and O–H groups in total. The maximum absolute atomic E-state index is 12.9. The SMILES string of the molecule is [C-]#[N+]C[C@H]1CN(c2nc(OC[C@@H]3CCCN3C(=O)OC(C)(C)C)nc3c2CCN(c2cccc4cccc(Cl)c24)C3)CCN1C(=O)C=C. The Hall–Kier alpha value is -4.56. The Morgan fingerprint density at radius 2 is 1.85 bits per heavy atom. The number of anilines is 2. The Balaban J connectivity index is 1.31. The number of nitrogens with zero attached hydrogens (tertiary/aromatic N) is 7. The van der Waals surface area contributed by atoms with Crippen molar-refractivity contribution in [1.82, 2.24) is 19.8 Å². The second-order valence-corrected chi connectivity index (χ2v) is 13.9. The number of carbonyl (C=O) groups excluding carboxylic acids is 2. The third kappa shape index (κ3) is 6.99. The third-order valence-electron chi connectivity index (χ3n) is 9.15. The molecule has 6 rings (SSSR count). The Bertz CT molecular complexity index is 1750. The molecular weight excluding hydrogens is 630 g/mol. The highest BCUT2D eigenvalue weighted by Crippen LogP contribution is 2.37. The van der Waals surface area contributed by atoms with Crippen molar-refractivity contribution in [3.63, 3.8) is 0 Å². The van der Waals surface area contributed by atoms with Crippen molar-refractivity contribution in [2.24, 2.45) is 0 Å². The van der Waals surface area contributed by atoms with E-state index in [-0.39, 0.29) is 43.2 Å². The molecule has 11 nitrogen and oxygen atoms in total. The molecule has 3 aliphatic heterocycles. The lowest BCUT2D eigenvalue weighted by molar-refractivity contribution is -0.128. The monoisotopic (exact) mass is 671 g/mol. The summed E-state index contributed by atoms with van der Waals surface area (Å²) in [6.07, 6.45) is 3.32. The predicted molar refractivity (Wildman–Crippen MR) is 187 cm³/mol. The Morgan fingerprint density at radius 3 is 2.60 bits per heavy atom. The standard InChI is InChI=1S/C36H42ClN7O4/c1-6-31(45)43-19-18-42(21-26(43)20-38-5)33-27-15-17-41(30-14-8-11-24-10-7-13-28(37)32(24)30)22-29(27)39-34(40-33)47-23-25-12-9-16-44(25)35(46)48-36(2,3)4/h6-8,10-11,13-14,25-26H,1,9,12,15-23H2,2-4H3/t25-,26-/m0/s1. The first kappa shape index (κ1) is 33.3. The summed E-state index contributed by atoms with van der Waals surface area (Å²) in [5, 5.41) is 2.77. The zero-order chi connectivity index (χ0) is 34.0. The minimum absolute atomic E-state index is 0.159. The van der Waals surface area contributed by atoms with Gasteiger partial charge in [0.25, 0.3) is 0 Å². The Morgan fingerprint density at radius 1 is 1.06 bits per heavy atom. The van der Waals surface area contributed by atoms with Crippen molar-refractivity contribution in [3.8, 4) is 6.01 Å². The Kier molecular flexibility index (Phi) is 9.65. The van der Waals surface area contributed by atoms with Gasteiger partial charge in [0, 0.05) is 49.4 Å². The minimum Gasteiger partial charge on any atom is -0.461 e. The first-order valence-corrected chi connectivity index (χ1v) is 16.9. The smallest absolute Gasteiger partial charge is 0.410 e. The average molecular weight is 672 g/mol. The summed E-state index contributed by atoms with van der Waals surface area (Å²) in [7, 11) is 0. The number of amides is 2. The van der Waals surface area contributed by atoms with Crippen LogP contribution < -0.4 is 14.5 Å². The molecule has 252 valence electrons.